The highest BCUT2D eigenvalue weighted by atomic mass is 14.9. The fourth-order valence-corrected chi connectivity index (χ4v) is 3.10. The zero-order chi connectivity index (χ0) is 13.8. The molecular weight excluding hydrogens is 244 g/mol. The summed E-state index contributed by atoms with van der Waals surface area (Å²) in [5, 5.41) is 3.63. The minimum absolute atomic E-state index is 0.264. The van der Waals surface area contributed by atoms with Crippen LogP contribution in [0.1, 0.15) is 32.1 Å². The smallest absolute Gasteiger partial charge is 0.0479 e. The number of nitrogens with one attached hydrogen (secondary N) is 1. The van der Waals surface area contributed by atoms with Gasteiger partial charge in [-0.3, -0.25) is 0 Å². The van der Waals surface area contributed by atoms with E-state index in [1.807, 2.05) is 0 Å². The maximum atomic E-state index is 5.91. The molecule has 1 unspecified atom stereocenters. The van der Waals surface area contributed by atoms with Gasteiger partial charge in [-0.2, -0.15) is 0 Å². The van der Waals surface area contributed by atoms with E-state index >= 15 is 0 Å². The average molecular weight is 268 g/mol. The molecule has 0 aromatic heterocycles. The summed E-state index contributed by atoms with van der Waals surface area (Å²) < 4.78 is 0. The highest BCUT2D eigenvalue weighted by molar-refractivity contribution is 5.32. The maximum Gasteiger partial charge on any atom is 0.0479 e. The minimum Gasteiger partial charge on any atom is -0.382 e. The van der Waals surface area contributed by atoms with E-state index < -0.39 is 0 Å². The normalized spacial score (nSPS) is 32.8. The molecule has 0 aliphatic heterocycles. The monoisotopic (exact) mass is 268 g/mol. The molecule has 0 amide bonds. The number of hydrogen-bond acceptors (Lipinski definition) is 2. The summed E-state index contributed by atoms with van der Waals surface area (Å²) in [4.78, 5) is 0. The predicted molar refractivity (Wildman–Crippen MR) is 85.1 cm³/mol. The molecule has 3 atom stereocenters. The van der Waals surface area contributed by atoms with Gasteiger partial charge in [0, 0.05) is 23.7 Å². The molecule has 0 saturated heterocycles. The van der Waals surface area contributed by atoms with Crippen LogP contribution >= 0.6 is 0 Å². The minimum atomic E-state index is 0.264. The lowest BCUT2D eigenvalue weighted by Gasteiger charge is -2.26. The molecule has 2 nitrogen and oxygen atoms in total. The third-order valence-corrected chi connectivity index (χ3v) is 4.34. The molecule has 20 heavy (non-hydrogen) atoms. The van der Waals surface area contributed by atoms with Crippen molar-refractivity contribution in [2.24, 2.45) is 11.7 Å². The topological polar surface area (TPSA) is 38.0 Å². The summed E-state index contributed by atoms with van der Waals surface area (Å²) in [6.07, 6.45) is 23.7. The Morgan fingerprint density at radius 2 is 2.10 bits per heavy atom. The lowest BCUT2D eigenvalue weighted by atomic mass is 9.84. The van der Waals surface area contributed by atoms with Crippen LogP contribution in [0.2, 0.25) is 0 Å². The van der Waals surface area contributed by atoms with Crippen LogP contribution < -0.4 is 11.1 Å². The molecule has 106 valence electrons. The number of rotatable bonds is 3. The van der Waals surface area contributed by atoms with Crippen molar-refractivity contribution in [1.82, 2.24) is 5.32 Å². The van der Waals surface area contributed by atoms with Crippen LogP contribution in [0.5, 0.6) is 0 Å². The van der Waals surface area contributed by atoms with Gasteiger partial charge in [-0.15, -0.1) is 0 Å². The summed E-state index contributed by atoms with van der Waals surface area (Å²) in [7, 11) is 0. The van der Waals surface area contributed by atoms with E-state index in [0.717, 1.165) is 25.7 Å². The van der Waals surface area contributed by atoms with Gasteiger partial charge in [-0.1, -0.05) is 42.5 Å². The second-order valence-corrected chi connectivity index (χ2v) is 5.94. The Morgan fingerprint density at radius 3 is 2.75 bits per heavy atom. The Labute approximate surface area is 121 Å². The SMILES string of the molecule is N[C@@H]1C=C[C@H](C2=CCC(NC3=CC=CCC3)C=C2)CC1. The van der Waals surface area contributed by atoms with E-state index in [-0.39, 0.29) is 6.04 Å². The third kappa shape index (κ3) is 3.31. The van der Waals surface area contributed by atoms with Gasteiger partial charge in [0.15, 0.2) is 0 Å². The molecule has 0 radical (unpaired) electrons. The lowest BCUT2D eigenvalue weighted by Crippen LogP contribution is -2.28. The van der Waals surface area contributed by atoms with E-state index in [1.165, 1.54) is 17.7 Å². The third-order valence-electron chi connectivity index (χ3n) is 4.34. The number of hydrogen-bond donors (Lipinski definition) is 2. The average Bonchev–Trinajstić information content (AvgIpc) is 2.50. The first kappa shape index (κ1) is 13.4. The molecular formula is C18H24N2. The van der Waals surface area contributed by atoms with Crippen LogP contribution in [-0.4, -0.2) is 12.1 Å². The van der Waals surface area contributed by atoms with Crippen molar-refractivity contribution in [3.63, 3.8) is 0 Å². The van der Waals surface area contributed by atoms with Crippen molar-refractivity contribution in [2.75, 3.05) is 0 Å². The first-order valence-corrected chi connectivity index (χ1v) is 7.75. The van der Waals surface area contributed by atoms with Crippen LogP contribution in [0.25, 0.3) is 0 Å². The number of allylic oxidation sites excluding steroid dienone is 7. The van der Waals surface area contributed by atoms with Crippen molar-refractivity contribution < 1.29 is 0 Å². The lowest BCUT2D eigenvalue weighted by molar-refractivity contribution is 0.557. The van der Waals surface area contributed by atoms with Crippen LogP contribution in [-0.2, 0) is 0 Å². The van der Waals surface area contributed by atoms with Crippen molar-refractivity contribution in [3.8, 4) is 0 Å². The Bertz CT molecular complexity index is 494. The van der Waals surface area contributed by atoms with Gasteiger partial charge in [-0.25, -0.2) is 0 Å². The van der Waals surface area contributed by atoms with Crippen LogP contribution in [0.15, 0.2) is 59.9 Å². The Morgan fingerprint density at radius 1 is 1.15 bits per heavy atom. The predicted octanol–water partition coefficient (Wildman–Crippen LogP) is 3.36. The van der Waals surface area contributed by atoms with Crippen molar-refractivity contribution in [2.45, 2.75) is 44.2 Å². The summed E-state index contributed by atoms with van der Waals surface area (Å²) in [6.45, 7) is 0. The molecule has 3 aliphatic carbocycles. The molecule has 0 heterocycles. The molecule has 3 rings (SSSR count). The van der Waals surface area contributed by atoms with Gasteiger partial charge in [0.05, 0.1) is 0 Å². The highest BCUT2D eigenvalue weighted by Crippen LogP contribution is 2.28. The second kappa shape index (κ2) is 6.27. The van der Waals surface area contributed by atoms with Crippen LogP contribution in [0.4, 0.5) is 0 Å². The summed E-state index contributed by atoms with van der Waals surface area (Å²) in [5.41, 5.74) is 8.73. The van der Waals surface area contributed by atoms with Crippen LogP contribution in [0, 0.1) is 5.92 Å². The van der Waals surface area contributed by atoms with E-state index in [4.69, 9.17) is 5.73 Å². The molecule has 0 aromatic carbocycles. The fourth-order valence-electron chi connectivity index (χ4n) is 3.10. The summed E-state index contributed by atoms with van der Waals surface area (Å²) in [5.74, 6) is 0.573. The summed E-state index contributed by atoms with van der Waals surface area (Å²) in [6, 6.07) is 0.714. The Kier molecular flexibility index (Phi) is 4.22. The quantitative estimate of drug-likeness (QED) is 0.770. The first-order chi connectivity index (χ1) is 9.81. The van der Waals surface area contributed by atoms with Gasteiger partial charge < -0.3 is 11.1 Å². The molecule has 0 saturated carbocycles. The van der Waals surface area contributed by atoms with Gasteiger partial charge in [0.25, 0.3) is 0 Å². The standard InChI is InChI=1S/C18H24N2/c19-16-10-6-14(7-11-16)15-8-12-18(13-9-15)20-17-4-2-1-3-5-17/h1-2,4,6,8-10,12,14,16,18,20H,3,5,7,11,13,19H2/t14-,16+,18?/m0/s1. The van der Waals surface area contributed by atoms with E-state index in [9.17, 15) is 0 Å². The van der Waals surface area contributed by atoms with Gasteiger partial charge >= 0.3 is 0 Å². The van der Waals surface area contributed by atoms with E-state index in [2.05, 4.69) is 53.9 Å². The van der Waals surface area contributed by atoms with Gasteiger partial charge in [0.2, 0.25) is 0 Å². The highest BCUT2D eigenvalue weighted by Gasteiger charge is 2.18. The maximum absolute atomic E-state index is 5.91. The van der Waals surface area contributed by atoms with E-state index in [1.54, 1.807) is 0 Å². The molecule has 0 aromatic rings. The molecule has 3 aliphatic rings. The van der Waals surface area contributed by atoms with E-state index in [0.29, 0.717) is 12.0 Å². The fraction of sp³-hybridized carbons (Fsp3) is 0.444. The first-order valence-electron chi connectivity index (χ1n) is 7.75. The van der Waals surface area contributed by atoms with Crippen molar-refractivity contribution in [3.05, 3.63) is 59.9 Å². The molecule has 0 spiro atoms. The van der Waals surface area contributed by atoms with Gasteiger partial charge in [0.1, 0.15) is 0 Å². The zero-order valence-corrected chi connectivity index (χ0v) is 12.0. The van der Waals surface area contributed by atoms with Crippen molar-refractivity contribution in [1.29, 1.82) is 0 Å². The molecule has 0 fully saturated rings. The Balaban J connectivity index is 1.56. The van der Waals surface area contributed by atoms with Crippen LogP contribution in [0.3, 0.4) is 0 Å². The molecule has 2 heteroatoms. The Hall–Kier alpha value is -1.54. The largest absolute Gasteiger partial charge is 0.382 e. The summed E-state index contributed by atoms with van der Waals surface area (Å²) >= 11 is 0. The molecule has 0 bridgehead atoms. The number of nitrogens with two attached hydrogens (primary N) is 1. The molecule has 3 N–H and O–H groups in total. The van der Waals surface area contributed by atoms with Gasteiger partial charge in [-0.05, 0) is 43.8 Å². The second-order valence-electron chi connectivity index (χ2n) is 5.94. The zero-order valence-electron chi connectivity index (χ0n) is 12.0. The van der Waals surface area contributed by atoms with Crippen molar-refractivity contribution >= 4 is 0 Å².